The average Bonchev–Trinajstić information content (AvgIpc) is 2.68. The lowest BCUT2D eigenvalue weighted by Crippen LogP contribution is -2.22. The van der Waals surface area contributed by atoms with E-state index in [0.717, 1.165) is 17.0 Å². The van der Waals surface area contributed by atoms with Gasteiger partial charge in [-0.1, -0.05) is 13.3 Å². The van der Waals surface area contributed by atoms with E-state index in [9.17, 15) is 19.5 Å². The fourth-order valence-corrected chi connectivity index (χ4v) is 3.04. The number of pyridine rings is 1. The Morgan fingerprint density at radius 2 is 1.97 bits per heavy atom. The first-order valence-electron chi connectivity index (χ1n) is 9.05. The summed E-state index contributed by atoms with van der Waals surface area (Å²) < 4.78 is 7.01. The maximum Gasteiger partial charge on any atom is 0.342 e. The van der Waals surface area contributed by atoms with Crippen LogP contribution in [0.4, 0.5) is 0 Å². The number of aromatic hydroxyl groups is 1. The van der Waals surface area contributed by atoms with Gasteiger partial charge in [0, 0.05) is 18.0 Å². The molecular formula is C21H20N2O6. The van der Waals surface area contributed by atoms with E-state index < -0.39 is 17.1 Å². The number of nitrogens with zero attached hydrogens (tertiary/aromatic N) is 2. The number of benzene rings is 1. The van der Waals surface area contributed by atoms with Crippen LogP contribution in [-0.2, 0) is 13.0 Å². The van der Waals surface area contributed by atoms with Gasteiger partial charge in [0.25, 0.3) is 5.56 Å². The van der Waals surface area contributed by atoms with Gasteiger partial charge in [-0.15, -0.1) is 0 Å². The highest BCUT2D eigenvalue weighted by atomic mass is 16.5. The van der Waals surface area contributed by atoms with Crippen molar-refractivity contribution in [3.8, 4) is 11.5 Å². The second-order valence-electron chi connectivity index (χ2n) is 6.58. The molecule has 2 aromatic heterocycles. The van der Waals surface area contributed by atoms with Crippen LogP contribution in [0, 0.1) is 0 Å². The molecule has 150 valence electrons. The normalized spacial score (nSPS) is 10.8. The number of aromatic carboxylic acids is 1. The maximum atomic E-state index is 12.2. The van der Waals surface area contributed by atoms with Crippen molar-refractivity contribution in [3.63, 3.8) is 0 Å². The molecule has 0 saturated carbocycles. The monoisotopic (exact) mass is 396 g/mol. The molecule has 8 heteroatoms. The number of carboxylic acids is 1. The summed E-state index contributed by atoms with van der Waals surface area (Å²) in [5, 5.41) is 19.4. The number of carbonyl (C=O) groups excluding carboxylic acids is 1. The summed E-state index contributed by atoms with van der Waals surface area (Å²) in [5.41, 5.74) is 0.759. The van der Waals surface area contributed by atoms with Gasteiger partial charge in [0.05, 0.1) is 5.56 Å². The van der Waals surface area contributed by atoms with E-state index >= 15 is 0 Å². The van der Waals surface area contributed by atoms with Crippen molar-refractivity contribution in [1.82, 2.24) is 9.38 Å². The molecule has 0 atom stereocenters. The minimum atomic E-state index is -1.33. The summed E-state index contributed by atoms with van der Waals surface area (Å²) in [4.78, 5) is 38.9. The van der Waals surface area contributed by atoms with Gasteiger partial charge in [-0.05, 0) is 43.2 Å². The third kappa shape index (κ3) is 3.96. The van der Waals surface area contributed by atoms with Crippen molar-refractivity contribution < 1.29 is 24.5 Å². The van der Waals surface area contributed by atoms with Crippen LogP contribution in [0.1, 0.15) is 52.1 Å². The van der Waals surface area contributed by atoms with Gasteiger partial charge in [-0.3, -0.25) is 14.0 Å². The van der Waals surface area contributed by atoms with Gasteiger partial charge < -0.3 is 14.9 Å². The number of rotatable bonds is 7. The SMILES string of the molecule is CCCc1c(OCc2ccn3c(=O)c(C(=O)O)cnc3c2)ccc(C(C)=O)c1O. The summed E-state index contributed by atoms with van der Waals surface area (Å²) in [6.07, 6.45) is 3.79. The Hall–Kier alpha value is -3.68. The molecule has 0 aliphatic carbocycles. The fraction of sp³-hybridized carbons (Fsp3) is 0.238. The molecule has 2 heterocycles. The zero-order chi connectivity index (χ0) is 21.1. The molecule has 0 bridgehead atoms. The van der Waals surface area contributed by atoms with Crippen LogP contribution in [-0.4, -0.2) is 31.4 Å². The smallest absolute Gasteiger partial charge is 0.342 e. The van der Waals surface area contributed by atoms with E-state index in [1.54, 1.807) is 18.2 Å². The number of Topliss-reactive ketones (excluding diaryl/α,β-unsaturated/α-hetero) is 1. The summed E-state index contributed by atoms with van der Waals surface area (Å²) in [7, 11) is 0. The molecule has 8 nitrogen and oxygen atoms in total. The molecule has 3 rings (SSSR count). The number of hydrogen-bond donors (Lipinski definition) is 2. The lowest BCUT2D eigenvalue weighted by atomic mass is 10.0. The summed E-state index contributed by atoms with van der Waals surface area (Å²) >= 11 is 0. The largest absolute Gasteiger partial charge is 0.507 e. The van der Waals surface area contributed by atoms with Crippen LogP contribution >= 0.6 is 0 Å². The van der Waals surface area contributed by atoms with Crippen molar-refractivity contribution in [2.45, 2.75) is 33.3 Å². The van der Waals surface area contributed by atoms with Crippen LogP contribution in [0.25, 0.3) is 5.65 Å². The van der Waals surface area contributed by atoms with E-state index in [-0.39, 0.29) is 23.7 Å². The predicted octanol–water partition coefficient (Wildman–Crippen LogP) is 2.83. The highest BCUT2D eigenvalue weighted by molar-refractivity contribution is 5.97. The van der Waals surface area contributed by atoms with Gasteiger partial charge in [0.2, 0.25) is 0 Å². The summed E-state index contributed by atoms with van der Waals surface area (Å²) in [6, 6.07) is 6.44. The van der Waals surface area contributed by atoms with E-state index in [4.69, 9.17) is 9.84 Å². The Morgan fingerprint density at radius 3 is 2.62 bits per heavy atom. The summed E-state index contributed by atoms with van der Waals surface area (Å²) in [5.74, 6) is -1.15. The first kappa shape index (κ1) is 20.1. The van der Waals surface area contributed by atoms with Crippen LogP contribution in [0.3, 0.4) is 0 Å². The number of carboxylic acid groups (broad SMARTS) is 1. The molecule has 0 aliphatic heterocycles. The Kier molecular flexibility index (Phi) is 5.63. The Morgan fingerprint density at radius 1 is 1.21 bits per heavy atom. The Labute approximate surface area is 166 Å². The molecule has 29 heavy (non-hydrogen) atoms. The lowest BCUT2D eigenvalue weighted by molar-refractivity contribution is 0.0694. The number of phenolic OH excluding ortho intramolecular Hbond substituents is 1. The molecule has 0 aliphatic rings. The molecule has 0 spiro atoms. The van der Waals surface area contributed by atoms with Crippen LogP contribution in [0.5, 0.6) is 11.5 Å². The second kappa shape index (κ2) is 8.14. The number of fused-ring (bicyclic) bond motifs is 1. The van der Waals surface area contributed by atoms with E-state index in [2.05, 4.69) is 4.98 Å². The molecule has 0 radical (unpaired) electrons. The molecule has 2 N–H and O–H groups in total. The molecule has 1 aromatic carbocycles. The number of ether oxygens (including phenoxy) is 1. The third-order valence-corrected chi connectivity index (χ3v) is 4.52. The quantitative estimate of drug-likeness (QED) is 0.590. The number of ketones is 1. The van der Waals surface area contributed by atoms with Crippen molar-refractivity contribution in [1.29, 1.82) is 0 Å². The van der Waals surface area contributed by atoms with E-state index in [1.807, 2.05) is 6.92 Å². The molecule has 0 unspecified atom stereocenters. The lowest BCUT2D eigenvalue weighted by Gasteiger charge is -2.15. The molecule has 0 amide bonds. The van der Waals surface area contributed by atoms with Crippen molar-refractivity contribution in [2.75, 3.05) is 0 Å². The van der Waals surface area contributed by atoms with E-state index in [1.165, 1.54) is 19.2 Å². The highest BCUT2D eigenvalue weighted by Gasteiger charge is 2.16. The fourth-order valence-electron chi connectivity index (χ4n) is 3.04. The molecule has 0 saturated heterocycles. The van der Waals surface area contributed by atoms with Crippen molar-refractivity contribution in [3.05, 3.63) is 69.3 Å². The van der Waals surface area contributed by atoms with Gasteiger partial charge in [-0.25, -0.2) is 9.78 Å². The van der Waals surface area contributed by atoms with Gasteiger partial charge in [0.15, 0.2) is 5.78 Å². The predicted molar refractivity (Wildman–Crippen MR) is 105 cm³/mol. The maximum absolute atomic E-state index is 12.2. The summed E-state index contributed by atoms with van der Waals surface area (Å²) in [6.45, 7) is 3.50. The standard InChI is InChI=1S/C21H20N2O6/c1-3-4-15-17(6-5-14(12(2)24)19(15)25)29-11-13-7-8-23-18(9-13)22-10-16(20(23)26)21(27)28/h5-10,25H,3-4,11H2,1-2H3,(H,27,28). The zero-order valence-electron chi connectivity index (χ0n) is 16.0. The number of aromatic nitrogens is 2. The average molecular weight is 396 g/mol. The van der Waals surface area contributed by atoms with Gasteiger partial charge in [0.1, 0.15) is 29.3 Å². The Bertz CT molecular complexity index is 1170. The number of hydrogen-bond acceptors (Lipinski definition) is 6. The first-order chi connectivity index (χ1) is 13.8. The minimum Gasteiger partial charge on any atom is -0.507 e. The topological polar surface area (TPSA) is 118 Å². The number of phenols is 1. The first-order valence-corrected chi connectivity index (χ1v) is 9.05. The van der Waals surface area contributed by atoms with Crippen molar-refractivity contribution >= 4 is 17.4 Å². The Balaban J connectivity index is 1.90. The molecule has 3 aromatic rings. The van der Waals surface area contributed by atoms with Crippen LogP contribution in [0.15, 0.2) is 41.5 Å². The number of carbonyl (C=O) groups is 2. The molecule has 0 fully saturated rings. The van der Waals surface area contributed by atoms with Crippen LogP contribution < -0.4 is 10.3 Å². The molecular weight excluding hydrogens is 376 g/mol. The zero-order valence-corrected chi connectivity index (χ0v) is 16.0. The van der Waals surface area contributed by atoms with Crippen molar-refractivity contribution in [2.24, 2.45) is 0 Å². The minimum absolute atomic E-state index is 0.0650. The van der Waals surface area contributed by atoms with Crippen LogP contribution in [0.2, 0.25) is 0 Å². The van der Waals surface area contributed by atoms with E-state index in [0.29, 0.717) is 28.9 Å². The third-order valence-electron chi connectivity index (χ3n) is 4.52. The highest BCUT2D eigenvalue weighted by Crippen LogP contribution is 2.33. The van der Waals surface area contributed by atoms with Gasteiger partial charge >= 0.3 is 5.97 Å². The van der Waals surface area contributed by atoms with Gasteiger partial charge in [-0.2, -0.15) is 0 Å². The second-order valence-corrected chi connectivity index (χ2v) is 6.58.